The van der Waals surface area contributed by atoms with Crippen molar-refractivity contribution < 1.29 is 4.79 Å². The van der Waals surface area contributed by atoms with Crippen molar-refractivity contribution in [2.24, 2.45) is 0 Å². The van der Waals surface area contributed by atoms with E-state index in [9.17, 15) is 4.79 Å². The van der Waals surface area contributed by atoms with Crippen LogP contribution in [0.25, 0.3) is 0 Å². The average Bonchev–Trinajstić information content (AvgIpc) is 3.02. The van der Waals surface area contributed by atoms with Crippen LogP contribution in [0.4, 0.5) is 10.5 Å². The number of carbonyl (C=O) groups is 1. The molecule has 0 aliphatic carbocycles. The van der Waals surface area contributed by atoms with E-state index < -0.39 is 0 Å². The molecule has 2 heterocycles. The van der Waals surface area contributed by atoms with E-state index in [1.165, 1.54) is 5.69 Å². The van der Waals surface area contributed by atoms with Crippen molar-refractivity contribution in [3.05, 3.63) is 46.4 Å². The van der Waals surface area contributed by atoms with E-state index >= 15 is 0 Å². The monoisotopic (exact) mass is 344 g/mol. The van der Waals surface area contributed by atoms with Crippen LogP contribution in [0.3, 0.4) is 0 Å². The summed E-state index contributed by atoms with van der Waals surface area (Å²) < 4.78 is 0. The van der Waals surface area contributed by atoms with Gasteiger partial charge in [-0.05, 0) is 38.8 Å². The Labute approximate surface area is 147 Å². The maximum atomic E-state index is 12.3. The maximum absolute atomic E-state index is 12.3. The highest BCUT2D eigenvalue weighted by molar-refractivity contribution is 7.09. The number of rotatable bonds is 4. The number of aryl methyl sites for hydroxylation is 1. The zero-order valence-corrected chi connectivity index (χ0v) is 15.0. The van der Waals surface area contributed by atoms with Crippen LogP contribution in [0.5, 0.6) is 0 Å². The Hall–Kier alpha value is -2.08. The molecule has 1 aliphatic rings. The Bertz CT molecular complexity index is 673. The summed E-state index contributed by atoms with van der Waals surface area (Å²) in [7, 11) is 0. The number of urea groups is 1. The minimum absolute atomic E-state index is 0.0717. The van der Waals surface area contributed by atoms with Gasteiger partial charge in [-0.2, -0.15) is 0 Å². The lowest BCUT2D eigenvalue weighted by Gasteiger charge is -2.35. The van der Waals surface area contributed by atoms with E-state index in [4.69, 9.17) is 0 Å². The van der Waals surface area contributed by atoms with Crippen molar-refractivity contribution in [2.75, 3.05) is 18.0 Å². The van der Waals surface area contributed by atoms with Gasteiger partial charge in [-0.15, -0.1) is 11.3 Å². The van der Waals surface area contributed by atoms with Gasteiger partial charge in [-0.1, -0.05) is 18.2 Å². The lowest BCUT2D eigenvalue weighted by Crippen LogP contribution is -2.50. The summed E-state index contributed by atoms with van der Waals surface area (Å²) in [5, 5.41) is 9.05. The molecule has 1 saturated heterocycles. The molecule has 2 amide bonds. The van der Waals surface area contributed by atoms with Crippen molar-refractivity contribution in [1.82, 2.24) is 15.6 Å². The minimum atomic E-state index is -0.115. The maximum Gasteiger partial charge on any atom is 0.315 e. The fourth-order valence-electron chi connectivity index (χ4n) is 3.02. The number of hydrogen-bond acceptors (Lipinski definition) is 4. The van der Waals surface area contributed by atoms with E-state index in [0.717, 1.165) is 36.6 Å². The van der Waals surface area contributed by atoms with Crippen LogP contribution >= 0.6 is 11.3 Å². The van der Waals surface area contributed by atoms with E-state index in [2.05, 4.69) is 44.8 Å². The quantitative estimate of drug-likeness (QED) is 0.893. The first kappa shape index (κ1) is 16.8. The summed E-state index contributed by atoms with van der Waals surface area (Å²) in [6.45, 7) is 5.82. The van der Waals surface area contributed by atoms with Gasteiger partial charge in [0, 0.05) is 35.9 Å². The summed E-state index contributed by atoms with van der Waals surface area (Å²) in [4.78, 5) is 19.0. The molecule has 1 aromatic heterocycles. The predicted octanol–water partition coefficient (Wildman–Crippen LogP) is 3.48. The van der Waals surface area contributed by atoms with Crippen molar-refractivity contribution in [2.45, 2.75) is 38.8 Å². The molecule has 0 radical (unpaired) electrons. The molecule has 128 valence electrons. The number of para-hydroxylation sites is 1. The van der Waals surface area contributed by atoms with Crippen molar-refractivity contribution in [3.63, 3.8) is 0 Å². The Morgan fingerprint density at radius 2 is 2.17 bits per heavy atom. The highest BCUT2D eigenvalue weighted by atomic mass is 32.1. The van der Waals surface area contributed by atoms with Gasteiger partial charge in [0.1, 0.15) is 5.01 Å². The SMILES string of the molecule is Cc1csc([C@H](C)NC(=O)N[C@@H]2CCCN(c3ccccc3)C2)n1. The first-order valence-electron chi connectivity index (χ1n) is 8.41. The van der Waals surface area contributed by atoms with E-state index in [-0.39, 0.29) is 18.1 Å². The van der Waals surface area contributed by atoms with Crippen molar-refractivity contribution >= 4 is 23.1 Å². The topological polar surface area (TPSA) is 57.3 Å². The number of amides is 2. The number of hydrogen-bond donors (Lipinski definition) is 2. The molecular weight excluding hydrogens is 320 g/mol. The minimum Gasteiger partial charge on any atom is -0.369 e. The standard InChI is InChI=1S/C18H24N4OS/c1-13-12-24-17(19-13)14(2)20-18(23)21-15-7-6-10-22(11-15)16-8-4-3-5-9-16/h3-5,8-9,12,14-15H,6-7,10-11H2,1-2H3,(H2,20,21,23)/t14-,15+/m0/s1. The normalized spacial score (nSPS) is 18.9. The zero-order chi connectivity index (χ0) is 16.9. The van der Waals surface area contributed by atoms with Crippen molar-refractivity contribution in [1.29, 1.82) is 0 Å². The highest BCUT2D eigenvalue weighted by Crippen LogP contribution is 2.20. The summed E-state index contributed by atoms with van der Waals surface area (Å²) in [6, 6.07) is 10.4. The smallest absolute Gasteiger partial charge is 0.315 e. The number of aromatic nitrogens is 1. The van der Waals surface area contributed by atoms with Gasteiger partial charge in [-0.3, -0.25) is 0 Å². The third-order valence-electron chi connectivity index (χ3n) is 4.23. The number of benzene rings is 1. The lowest BCUT2D eigenvalue weighted by atomic mass is 10.1. The molecule has 6 heteroatoms. The van der Waals surface area contributed by atoms with Gasteiger partial charge < -0.3 is 15.5 Å². The number of carbonyl (C=O) groups excluding carboxylic acids is 1. The van der Waals surface area contributed by atoms with Gasteiger partial charge in [0.05, 0.1) is 6.04 Å². The fourth-order valence-corrected chi connectivity index (χ4v) is 3.83. The third kappa shape index (κ3) is 4.26. The first-order valence-corrected chi connectivity index (χ1v) is 9.29. The highest BCUT2D eigenvalue weighted by Gasteiger charge is 2.22. The van der Waals surface area contributed by atoms with Crippen molar-refractivity contribution in [3.8, 4) is 0 Å². The number of piperidine rings is 1. The molecule has 3 rings (SSSR count). The van der Waals surface area contributed by atoms with Crippen LogP contribution in [-0.2, 0) is 0 Å². The largest absolute Gasteiger partial charge is 0.369 e. The van der Waals surface area contributed by atoms with Gasteiger partial charge in [0.15, 0.2) is 0 Å². The second-order valence-corrected chi connectivity index (χ2v) is 7.18. The fraction of sp³-hybridized carbons (Fsp3) is 0.444. The van der Waals surface area contributed by atoms with Crippen LogP contribution in [0.15, 0.2) is 35.7 Å². The van der Waals surface area contributed by atoms with Crippen LogP contribution in [0.1, 0.15) is 36.5 Å². The molecule has 1 fully saturated rings. The molecule has 1 aromatic carbocycles. The molecule has 24 heavy (non-hydrogen) atoms. The molecule has 5 nitrogen and oxygen atoms in total. The molecule has 0 spiro atoms. The summed E-state index contributed by atoms with van der Waals surface area (Å²) in [5.74, 6) is 0. The van der Waals surface area contributed by atoms with Gasteiger partial charge in [-0.25, -0.2) is 9.78 Å². The Kier molecular flexibility index (Phi) is 5.35. The Morgan fingerprint density at radius 3 is 2.88 bits per heavy atom. The predicted molar refractivity (Wildman–Crippen MR) is 98.6 cm³/mol. The molecule has 2 aromatic rings. The van der Waals surface area contributed by atoms with Crippen LogP contribution in [0.2, 0.25) is 0 Å². The number of nitrogens with zero attached hydrogens (tertiary/aromatic N) is 2. The lowest BCUT2D eigenvalue weighted by molar-refractivity contribution is 0.232. The first-order chi connectivity index (χ1) is 11.6. The molecule has 2 atom stereocenters. The number of anilines is 1. The molecule has 0 bridgehead atoms. The summed E-state index contributed by atoms with van der Waals surface area (Å²) >= 11 is 1.58. The molecule has 0 unspecified atom stereocenters. The second-order valence-electron chi connectivity index (χ2n) is 6.29. The number of thiazole rings is 1. The van der Waals surface area contributed by atoms with E-state index in [1.807, 2.05) is 25.3 Å². The third-order valence-corrected chi connectivity index (χ3v) is 5.38. The van der Waals surface area contributed by atoms with Gasteiger partial charge in [0.2, 0.25) is 0 Å². The molecule has 0 saturated carbocycles. The van der Waals surface area contributed by atoms with Crippen LogP contribution in [0, 0.1) is 6.92 Å². The second kappa shape index (κ2) is 7.66. The average molecular weight is 344 g/mol. The summed E-state index contributed by atoms with van der Waals surface area (Å²) in [6.07, 6.45) is 2.10. The van der Waals surface area contributed by atoms with Crippen LogP contribution in [-0.4, -0.2) is 30.1 Å². The zero-order valence-electron chi connectivity index (χ0n) is 14.2. The van der Waals surface area contributed by atoms with E-state index in [1.54, 1.807) is 11.3 Å². The van der Waals surface area contributed by atoms with Gasteiger partial charge in [0.25, 0.3) is 0 Å². The van der Waals surface area contributed by atoms with E-state index in [0.29, 0.717) is 0 Å². The van der Waals surface area contributed by atoms with Gasteiger partial charge >= 0.3 is 6.03 Å². The Balaban J connectivity index is 1.52. The number of nitrogens with one attached hydrogen (secondary N) is 2. The Morgan fingerprint density at radius 1 is 1.38 bits per heavy atom. The molecular formula is C18H24N4OS. The molecule has 2 N–H and O–H groups in total. The molecule has 1 aliphatic heterocycles. The van der Waals surface area contributed by atoms with Crippen LogP contribution < -0.4 is 15.5 Å². The summed E-state index contributed by atoms with van der Waals surface area (Å²) in [5.41, 5.74) is 2.21.